The van der Waals surface area contributed by atoms with E-state index < -0.39 is 0 Å². The highest BCUT2D eigenvalue weighted by molar-refractivity contribution is 5.54. The van der Waals surface area contributed by atoms with Crippen LogP contribution in [0.5, 0.6) is 11.5 Å². The van der Waals surface area contributed by atoms with Gasteiger partial charge in [-0.1, -0.05) is 18.7 Å². The second-order valence-electron chi connectivity index (χ2n) is 3.18. The highest BCUT2D eigenvalue weighted by Crippen LogP contribution is 2.28. The zero-order chi connectivity index (χ0) is 11.8. The Morgan fingerprint density at radius 2 is 2.00 bits per heavy atom. The second kappa shape index (κ2) is 6.90. The Labute approximate surface area is 96.6 Å². The quantitative estimate of drug-likeness (QED) is 0.664. The molecule has 0 fully saturated rings. The molecule has 0 atom stereocenters. The fourth-order valence-corrected chi connectivity index (χ4v) is 1.27. The SMILES string of the molecule is C=Cc1ccc(OCCOC)c(OCC)c1. The van der Waals surface area contributed by atoms with Crippen molar-refractivity contribution in [2.45, 2.75) is 6.92 Å². The lowest BCUT2D eigenvalue weighted by molar-refractivity contribution is 0.143. The second-order valence-corrected chi connectivity index (χ2v) is 3.18. The average Bonchev–Trinajstić information content (AvgIpc) is 2.31. The maximum absolute atomic E-state index is 5.55. The van der Waals surface area contributed by atoms with Gasteiger partial charge in [0.25, 0.3) is 0 Å². The maximum atomic E-state index is 5.55. The van der Waals surface area contributed by atoms with Crippen molar-refractivity contribution in [3.63, 3.8) is 0 Å². The monoisotopic (exact) mass is 222 g/mol. The summed E-state index contributed by atoms with van der Waals surface area (Å²) >= 11 is 0. The molecule has 16 heavy (non-hydrogen) atoms. The van der Waals surface area contributed by atoms with Gasteiger partial charge in [-0.15, -0.1) is 0 Å². The zero-order valence-corrected chi connectivity index (χ0v) is 9.86. The van der Waals surface area contributed by atoms with E-state index in [9.17, 15) is 0 Å². The first-order valence-electron chi connectivity index (χ1n) is 5.32. The predicted molar refractivity (Wildman–Crippen MR) is 65.1 cm³/mol. The molecular formula is C13H18O3. The van der Waals surface area contributed by atoms with E-state index in [0.29, 0.717) is 19.8 Å². The lowest BCUT2D eigenvalue weighted by Gasteiger charge is -2.12. The van der Waals surface area contributed by atoms with Gasteiger partial charge in [-0.2, -0.15) is 0 Å². The summed E-state index contributed by atoms with van der Waals surface area (Å²) in [5, 5.41) is 0. The highest BCUT2D eigenvalue weighted by atomic mass is 16.5. The van der Waals surface area contributed by atoms with Crippen molar-refractivity contribution in [3.05, 3.63) is 30.3 Å². The summed E-state index contributed by atoms with van der Waals surface area (Å²) in [6, 6.07) is 5.74. The van der Waals surface area contributed by atoms with Gasteiger partial charge in [-0.05, 0) is 24.6 Å². The number of rotatable bonds is 7. The molecule has 0 aliphatic rings. The smallest absolute Gasteiger partial charge is 0.161 e. The van der Waals surface area contributed by atoms with E-state index in [1.165, 1.54) is 0 Å². The molecule has 3 heteroatoms. The Morgan fingerprint density at radius 1 is 1.19 bits per heavy atom. The van der Waals surface area contributed by atoms with Gasteiger partial charge in [0.1, 0.15) is 6.61 Å². The molecule has 3 nitrogen and oxygen atoms in total. The Bertz CT molecular complexity index is 334. The van der Waals surface area contributed by atoms with E-state index in [2.05, 4.69) is 6.58 Å². The number of hydrogen-bond acceptors (Lipinski definition) is 3. The maximum Gasteiger partial charge on any atom is 0.161 e. The molecule has 0 amide bonds. The van der Waals surface area contributed by atoms with Crippen molar-refractivity contribution in [3.8, 4) is 11.5 Å². The van der Waals surface area contributed by atoms with Gasteiger partial charge in [0, 0.05) is 7.11 Å². The Hall–Kier alpha value is -1.48. The van der Waals surface area contributed by atoms with E-state index in [1.54, 1.807) is 13.2 Å². The fraction of sp³-hybridized carbons (Fsp3) is 0.385. The number of hydrogen-bond donors (Lipinski definition) is 0. The first-order valence-corrected chi connectivity index (χ1v) is 5.32. The van der Waals surface area contributed by atoms with Crippen LogP contribution < -0.4 is 9.47 Å². The lowest BCUT2D eigenvalue weighted by Crippen LogP contribution is -2.06. The minimum atomic E-state index is 0.518. The summed E-state index contributed by atoms with van der Waals surface area (Å²) in [6.45, 7) is 7.36. The topological polar surface area (TPSA) is 27.7 Å². The standard InChI is InChI=1S/C13H18O3/c1-4-11-6-7-12(16-9-8-14-3)13(10-11)15-5-2/h4,6-7,10H,1,5,8-9H2,2-3H3. The van der Waals surface area contributed by atoms with Gasteiger partial charge < -0.3 is 14.2 Å². The molecule has 0 saturated heterocycles. The van der Waals surface area contributed by atoms with Crippen LogP contribution in [0.15, 0.2) is 24.8 Å². The molecule has 88 valence electrons. The summed E-state index contributed by atoms with van der Waals surface area (Å²) in [5.74, 6) is 1.49. The summed E-state index contributed by atoms with van der Waals surface area (Å²) in [4.78, 5) is 0. The molecular weight excluding hydrogens is 204 g/mol. The molecule has 0 N–H and O–H groups in total. The van der Waals surface area contributed by atoms with Crippen LogP contribution in [0.1, 0.15) is 12.5 Å². The van der Waals surface area contributed by atoms with E-state index in [-0.39, 0.29) is 0 Å². The molecule has 0 saturated carbocycles. The van der Waals surface area contributed by atoms with Crippen LogP contribution in [-0.4, -0.2) is 26.9 Å². The van der Waals surface area contributed by atoms with Crippen LogP contribution in [0.2, 0.25) is 0 Å². The zero-order valence-electron chi connectivity index (χ0n) is 9.86. The van der Waals surface area contributed by atoms with Crippen molar-refractivity contribution < 1.29 is 14.2 Å². The lowest BCUT2D eigenvalue weighted by atomic mass is 10.2. The first-order chi connectivity index (χ1) is 7.81. The molecule has 0 unspecified atom stereocenters. The van der Waals surface area contributed by atoms with Gasteiger partial charge in [0.15, 0.2) is 11.5 Å². The van der Waals surface area contributed by atoms with Crippen LogP contribution >= 0.6 is 0 Å². The Kier molecular flexibility index (Phi) is 5.43. The molecule has 1 aromatic rings. The van der Waals surface area contributed by atoms with Gasteiger partial charge in [0.05, 0.1) is 13.2 Å². The first kappa shape index (κ1) is 12.6. The normalized spacial score (nSPS) is 9.88. The Morgan fingerprint density at radius 3 is 2.62 bits per heavy atom. The molecule has 1 rings (SSSR count). The largest absolute Gasteiger partial charge is 0.490 e. The van der Waals surface area contributed by atoms with Crippen molar-refractivity contribution in [1.29, 1.82) is 0 Å². The third-order valence-corrected chi connectivity index (χ3v) is 2.05. The van der Waals surface area contributed by atoms with Crippen molar-refractivity contribution >= 4 is 6.08 Å². The fourth-order valence-electron chi connectivity index (χ4n) is 1.27. The number of benzene rings is 1. The Balaban J connectivity index is 2.76. The van der Waals surface area contributed by atoms with Gasteiger partial charge in [-0.25, -0.2) is 0 Å². The average molecular weight is 222 g/mol. The van der Waals surface area contributed by atoms with Crippen molar-refractivity contribution in [2.24, 2.45) is 0 Å². The minimum absolute atomic E-state index is 0.518. The van der Waals surface area contributed by atoms with Crippen molar-refractivity contribution in [1.82, 2.24) is 0 Å². The van der Waals surface area contributed by atoms with Gasteiger partial charge in [-0.3, -0.25) is 0 Å². The van der Waals surface area contributed by atoms with Crippen molar-refractivity contribution in [2.75, 3.05) is 26.9 Å². The minimum Gasteiger partial charge on any atom is -0.490 e. The summed E-state index contributed by atoms with van der Waals surface area (Å²) in [5.41, 5.74) is 1.02. The molecule has 0 aliphatic heterocycles. The molecule has 0 radical (unpaired) electrons. The third-order valence-electron chi connectivity index (χ3n) is 2.05. The van der Waals surface area contributed by atoms with Crippen LogP contribution in [0.4, 0.5) is 0 Å². The molecule has 0 aromatic heterocycles. The number of methoxy groups -OCH3 is 1. The third kappa shape index (κ3) is 3.59. The van der Waals surface area contributed by atoms with Crippen LogP contribution in [0.3, 0.4) is 0 Å². The van der Waals surface area contributed by atoms with Crippen LogP contribution in [0.25, 0.3) is 6.08 Å². The summed E-state index contributed by atoms with van der Waals surface area (Å²) < 4.78 is 16.0. The predicted octanol–water partition coefficient (Wildman–Crippen LogP) is 2.75. The van der Waals surface area contributed by atoms with E-state index in [1.807, 2.05) is 25.1 Å². The highest BCUT2D eigenvalue weighted by Gasteiger charge is 2.04. The molecule has 1 aromatic carbocycles. The van der Waals surface area contributed by atoms with E-state index >= 15 is 0 Å². The molecule has 0 spiro atoms. The van der Waals surface area contributed by atoms with Crippen LogP contribution in [-0.2, 0) is 4.74 Å². The van der Waals surface area contributed by atoms with Crippen LogP contribution in [0, 0.1) is 0 Å². The number of ether oxygens (including phenoxy) is 3. The van der Waals surface area contributed by atoms with E-state index in [4.69, 9.17) is 14.2 Å². The van der Waals surface area contributed by atoms with E-state index in [0.717, 1.165) is 17.1 Å². The summed E-state index contributed by atoms with van der Waals surface area (Å²) in [6.07, 6.45) is 1.78. The molecule has 0 aliphatic carbocycles. The summed E-state index contributed by atoms with van der Waals surface area (Å²) in [7, 11) is 1.65. The molecule has 0 heterocycles. The van der Waals surface area contributed by atoms with Gasteiger partial charge in [0.2, 0.25) is 0 Å². The molecule has 0 bridgehead atoms. The van der Waals surface area contributed by atoms with Gasteiger partial charge >= 0.3 is 0 Å².